The molecule has 1 saturated heterocycles. The van der Waals surface area contributed by atoms with E-state index in [0.717, 1.165) is 55.3 Å². The van der Waals surface area contributed by atoms with Crippen LogP contribution in [0.2, 0.25) is 0 Å². The number of hydrogen-bond donors (Lipinski definition) is 1. The summed E-state index contributed by atoms with van der Waals surface area (Å²) < 4.78 is 1.97. The Labute approximate surface area is 159 Å². The standard InChI is InChI=1S/C20H25N7/c1-15-17(12-22-20(23-15)16-5-3-2-4-6-16)13-26-9-7-19(8-10-26)27-14-18(11-21)24-25-27/h2-6,12,14,19H,7-11,13,21H2,1H3. The minimum Gasteiger partial charge on any atom is -0.325 e. The van der Waals surface area contributed by atoms with Crippen LogP contribution in [0.5, 0.6) is 0 Å². The van der Waals surface area contributed by atoms with Crippen molar-refractivity contribution in [3.63, 3.8) is 0 Å². The van der Waals surface area contributed by atoms with Gasteiger partial charge in [0.25, 0.3) is 0 Å². The topological polar surface area (TPSA) is 85.8 Å². The van der Waals surface area contributed by atoms with E-state index in [0.29, 0.717) is 12.6 Å². The lowest BCUT2D eigenvalue weighted by molar-refractivity contribution is 0.171. The molecule has 7 heteroatoms. The lowest BCUT2D eigenvalue weighted by Gasteiger charge is -2.31. The Morgan fingerprint density at radius 2 is 1.93 bits per heavy atom. The molecule has 140 valence electrons. The van der Waals surface area contributed by atoms with Gasteiger partial charge in [-0.1, -0.05) is 35.5 Å². The van der Waals surface area contributed by atoms with Crippen LogP contribution in [-0.4, -0.2) is 43.0 Å². The summed E-state index contributed by atoms with van der Waals surface area (Å²) in [5.41, 5.74) is 9.78. The third-order valence-corrected chi connectivity index (χ3v) is 5.21. The first-order chi connectivity index (χ1) is 13.2. The van der Waals surface area contributed by atoms with Crippen molar-refractivity contribution in [1.82, 2.24) is 29.9 Å². The van der Waals surface area contributed by atoms with Gasteiger partial charge < -0.3 is 5.73 Å². The number of nitrogens with zero attached hydrogens (tertiary/aromatic N) is 6. The van der Waals surface area contributed by atoms with Gasteiger partial charge in [-0.3, -0.25) is 4.90 Å². The van der Waals surface area contributed by atoms with E-state index in [1.165, 1.54) is 5.56 Å². The maximum absolute atomic E-state index is 5.63. The van der Waals surface area contributed by atoms with Crippen LogP contribution >= 0.6 is 0 Å². The number of likely N-dealkylation sites (tertiary alicyclic amines) is 1. The fourth-order valence-corrected chi connectivity index (χ4v) is 3.54. The van der Waals surface area contributed by atoms with Crippen molar-refractivity contribution >= 4 is 0 Å². The predicted octanol–water partition coefficient (Wildman–Crippen LogP) is 2.34. The average molecular weight is 363 g/mol. The number of benzene rings is 1. The summed E-state index contributed by atoms with van der Waals surface area (Å²) in [5, 5.41) is 8.32. The smallest absolute Gasteiger partial charge is 0.159 e. The number of aromatic nitrogens is 5. The van der Waals surface area contributed by atoms with E-state index in [9.17, 15) is 0 Å². The predicted molar refractivity (Wildman–Crippen MR) is 104 cm³/mol. The van der Waals surface area contributed by atoms with Crippen molar-refractivity contribution in [2.45, 2.75) is 38.9 Å². The molecular formula is C20H25N7. The lowest BCUT2D eigenvalue weighted by Crippen LogP contribution is -2.34. The lowest BCUT2D eigenvalue weighted by atomic mass is 10.0. The maximum Gasteiger partial charge on any atom is 0.159 e. The molecule has 1 fully saturated rings. The summed E-state index contributed by atoms with van der Waals surface area (Å²) in [6.07, 6.45) is 6.08. The van der Waals surface area contributed by atoms with Crippen LogP contribution in [0.15, 0.2) is 42.7 Å². The van der Waals surface area contributed by atoms with Crippen LogP contribution < -0.4 is 5.73 Å². The molecule has 0 bridgehead atoms. The number of piperidine rings is 1. The molecule has 0 saturated carbocycles. The molecule has 3 aromatic rings. The van der Waals surface area contributed by atoms with E-state index in [-0.39, 0.29) is 0 Å². The van der Waals surface area contributed by atoms with Crippen molar-refractivity contribution in [3.05, 3.63) is 59.7 Å². The summed E-state index contributed by atoms with van der Waals surface area (Å²) >= 11 is 0. The fourth-order valence-electron chi connectivity index (χ4n) is 3.54. The minimum atomic E-state index is 0.409. The first-order valence-electron chi connectivity index (χ1n) is 9.44. The third-order valence-electron chi connectivity index (χ3n) is 5.21. The average Bonchev–Trinajstić information content (AvgIpc) is 3.20. The summed E-state index contributed by atoms with van der Waals surface area (Å²) in [6, 6.07) is 10.5. The molecule has 27 heavy (non-hydrogen) atoms. The molecule has 0 aliphatic carbocycles. The Morgan fingerprint density at radius 1 is 1.15 bits per heavy atom. The van der Waals surface area contributed by atoms with Gasteiger partial charge in [0, 0.05) is 49.2 Å². The molecular weight excluding hydrogens is 338 g/mol. The van der Waals surface area contributed by atoms with Gasteiger partial charge in [0.2, 0.25) is 0 Å². The van der Waals surface area contributed by atoms with Crippen molar-refractivity contribution in [2.24, 2.45) is 5.73 Å². The molecule has 0 radical (unpaired) electrons. The molecule has 0 spiro atoms. The van der Waals surface area contributed by atoms with Gasteiger partial charge in [0.05, 0.1) is 17.9 Å². The molecule has 7 nitrogen and oxygen atoms in total. The Balaban J connectivity index is 1.37. The number of hydrogen-bond acceptors (Lipinski definition) is 6. The van der Waals surface area contributed by atoms with Gasteiger partial charge in [-0.15, -0.1) is 5.10 Å². The molecule has 0 unspecified atom stereocenters. The first kappa shape index (κ1) is 17.8. The SMILES string of the molecule is Cc1nc(-c2ccccc2)ncc1CN1CCC(n2cc(CN)nn2)CC1. The molecule has 2 aromatic heterocycles. The van der Waals surface area contributed by atoms with E-state index in [1.54, 1.807) is 0 Å². The van der Waals surface area contributed by atoms with Gasteiger partial charge in [0.15, 0.2) is 5.82 Å². The summed E-state index contributed by atoms with van der Waals surface area (Å²) in [4.78, 5) is 11.8. The molecule has 4 rings (SSSR count). The summed E-state index contributed by atoms with van der Waals surface area (Å²) in [6.45, 7) is 5.46. The second-order valence-electron chi connectivity index (χ2n) is 7.07. The minimum absolute atomic E-state index is 0.409. The van der Waals surface area contributed by atoms with Crippen molar-refractivity contribution < 1.29 is 0 Å². The van der Waals surface area contributed by atoms with Gasteiger partial charge >= 0.3 is 0 Å². The highest BCUT2D eigenvalue weighted by Crippen LogP contribution is 2.24. The zero-order valence-electron chi connectivity index (χ0n) is 15.6. The quantitative estimate of drug-likeness (QED) is 0.749. The Hall–Kier alpha value is -2.64. The molecule has 1 aliphatic heterocycles. The highest BCUT2D eigenvalue weighted by molar-refractivity contribution is 5.54. The second kappa shape index (κ2) is 7.94. The van der Waals surface area contributed by atoms with E-state index in [2.05, 4.69) is 27.1 Å². The maximum atomic E-state index is 5.63. The Kier molecular flexibility index (Phi) is 5.22. The highest BCUT2D eigenvalue weighted by Gasteiger charge is 2.22. The van der Waals surface area contributed by atoms with Crippen molar-refractivity contribution in [1.29, 1.82) is 0 Å². The van der Waals surface area contributed by atoms with Crippen LogP contribution in [0.3, 0.4) is 0 Å². The monoisotopic (exact) mass is 363 g/mol. The molecule has 3 heterocycles. The molecule has 0 atom stereocenters. The van der Waals surface area contributed by atoms with Crippen LogP contribution in [0.25, 0.3) is 11.4 Å². The van der Waals surface area contributed by atoms with Crippen LogP contribution in [0.1, 0.15) is 35.8 Å². The van der Waals surface area contributed by atoms with Crippen molar-refractivity contribution in [2.75, 3.05) is 13.1 Å². The first-order valence-corrected chi connectivity index (χ1v) is 9.44. The van der Waals surface area contributed by atoms with Gasteiger partial charge in [-0.2, -0.15) is 0 Å². The van der Waals surface area contributed by atoms with Crippen molar-refractivity contribution in [3.8, 4) is 11.4 Å². The van der Waals surface area contributed by atoms with Crippen LogP contribution in [-0.2, 0) is 13.1 Å². The fraction of sp³-hybridized carbons (Fsp3) is 0.400. The normalized spacial score (nSPS) is 15.9. The molecule has 1 aliphatic rings. The zero-order chi connectivity index (χ0) is 18.6. The van der Waals surface area contributed by atoms with E-state index in [1.807, 2.05) is 47.4 Å². The third kappa shape index (κ3) is 4.04. The summed E-state index contributed by atoms with van der Waals surface area (Å²) in [7, 11) is 0. The zero-order valence-corrected chi connectivity index (χ0v) is 15.6. The van der Waals surface area contributed by atoms with E-state index < -0.39 is 0 Å². The largest absolute Gasteiger partial charge is 0.325 e. The molecule has 1 aromatic carbocycles. The van der Waals surface area contributed by atoms with Gasteiger partial charge in [-0.25, -0.2) is 14.6 Å². The number of nitrogens with two attached hydrogens (primary N) is 1. The van der Waals surface area contributed by atoms with E-state index >= 15 is 0 Å². The van der Waals surface area contributed by atoms with Gasteiger partial charge in [-0.05, 0) is 19.8 Å². The van der Waals surface area contributed by atoms with Crippen LogP contribution in [0, 0.1) is 6.92 Å². The van der Waals surface area contributed by atoms with E-state index in [4.69, 9.17) is 10.7 Å². The summed E-state index contributed by atoms with van der Waals surface area (Å²) in [5.74, 6) is 0.789. The highest BCUT2D eigenvalue weighted by atomic mass is 15.4. The Bertz CT molecular complexity index is 882. The molecule has 2 N–H and O–H groups in total. The second-order valence-corrected chi connectivity index (χ2v) is 7.07. The number of rotatable bonds is 5. The number of aryl methyl sites for hydroxylation is 1. The van der Waals surface area contributed by atoms with Crippen LogP contribution in [0.4, 0.5) is 0 Å². The molecule has 0 amide bonds. The Morgan fingerprint density at radius 3 is 2.59 bits per heavy atom. The van der Waals surface area contributed by atoms with Gasteiger partial charge in [0.1, 0.15) is 0 Å².